The Kier molecular flexibility index (Phi) is 4.35. The summed E-state index contributed by atoms with van der Waals surface area (Å²) in [5.41, 5.74) is -0.405. The Morgan fingerprint density at radius 2 is 2.00 bits per heavy atom. The summed E-state index contributed by atoms with van der Waals surface area (Å²) in [5.74, 6) is 1.39. The van der Waals surface area contributed by atoms with Crippen LogP contribution in [0.1, 0.15) is 17.9 Å². The molecule has 1 atom stereocenters. The van der Waals surface area contributed by atoms with Gasteiger partial charge in [0.1, 0.15) is 17.1 Å². The first-order chi connectivity index (χ1) is 11.2. The van der Waals surface area contributed by atoms with Gasteiger partial charge in [-0.2, -0.15) is 4.31 Å². The fraction of sp³-hybridized carbons (Fsp3) is 0.667. The van der Waals surface area contributed by atoms with Crippen LogP contribution in [-0.4, -0.2) is 74.2 Å². The Balaban J connectivity index is 1.57. The lowest BCUT2D eigenvalue weighted by Gasteiger charge is -2.21. The predicted molar refractivity (Wildman–Crippen MR) is 86.8 cm³/mol. The van der Waals surface area contributed by atoms with Crippen molar-refractivity contribution in [1.29, 1.82) is 0 Å². The number of furan rings is 1. The third kappa shape index (κ3) is 3.57. The van der Waals surface area contributed by atoms with Crippen molar-refractivity contribution in [2.45, 2.75) is 25.1 Å². The molecule has 0 N–H and O–H groups in total. The summed E-state index contributed by atoms with van der Waals surface area (Å²) < 4.78 is 35.4. The Labute approximate surface area is 142 Å². The molecular formula is C15H23N3O5S. The van der Waals surface area contributed by atoms with Crippen molar-refractivity contribution in [2.24, 2.45) is 0 Å². The fourth-order valence-corrected chi connectivity index (χ4v) is 3.58. The number of likely N-dealkylation sites (N-methyl/N-ethyl adjacent to an activating group) is 1. The van der Waals surface area contributed by atoms with Gasteiger partial charge >= 0.3 is 6.09 Å². The molecule has 2 saturated heterocycles. The first-order valence-corrected chi connectivity index (χ1v) is 9.67. The van der Waals surface area contributed by atoms with Crippen molar-refractivity contribution in [3.63, 3.8) is 0 Å². The average molecular weight is 357 g/mol. The van der Waals surface area contributed by atoms with Crippen LogP contribution >= 0.6 is 0 Å². The number of rotatable bonds is 5. The van der Waals surface area contributed by atoms with Crippen molar-refractivity contribution in [3.8, 4) is 0 Å². The summed E-state index contributed by atoms with van der Waals surface area (Å²) in [4.78, 5) is 15.4. The van der Waals surface area contributed by atoms with Crippen molar-refractivity contribution < 1.29 is 22.4 Å². The quantitative estimate of drug-likeness (QED) is 0.771. The molecule has 134 valence electrons. The van der Waals surface area contributed by atoms with Crippen LogP contribution in [0.5, 0.6) is 0 Å². The van der Waals surface area contributed by atoms with Crippen LogP contribution in [0.25, 0.3) is 0 Å². The smallest absolute Gasteiger partial charge is 0.410 e. The Hall–Kier alpha value is -1.58. The molecule has 1 amide bonds. The second kappa shape index (κ2) is 6.05. The highest BCUT2D eigenvalue weighted by atomic mass is 32.2. The molecule has 3 rings (SSSR count). The Morgan fingerprint density at radius 3 is 2.62 bits per heavy atom. The molecule has 0 radical (unpaired) electrons. The minimum absolute atomic E-state index is 0.213. The number of sulfonamides is 1. The van der Waals surface area contributed by atoms with E-state index in [1.807, 2.05) is 6.07 Å². The monoisotopic (exact) mass is 357 g/mol. The number of nitrogens with zero attached hydrogens (tertiary/aromatic N) is 3. The first-order valence-electron chi connectivity index (χ1n) is 7.82. The van der Waals surface area contributed by atoms with Crippen molar-refractivity contribution >= 4 is 16.1 Å². The van der Waals surface area contributed by atoms with E-state index in [9.17, 15) is 13.2 Å². The van der Waals surface area contributed by atoms with Gasteiger partial charge in [-0.1, -0.05) is 0 Å². The highest BCUT2D eigenvalue weighted by Gasteiger charge is 2.48. The summed E-state index contributed by atoms with van der Waals surface area (Å²) in [6, 6.07) is 3.66. The van der Waals surface area contributed by atoms with Crippen LogP contribution in [0.2, 0.25) is 0 Å². The van der Waals surface area contributed by atoms with Crippen LogP contribution in [0.4, 0.5) is 4.79 Å². The molecule has 1 aromatic heterocycles. The molecule has 8 nitrogen and oxygen atoms in total. The summed E-state index contributed by atoms with van der Waals surface area (Å²) in [6.45, 7) is 2.96. The second-order valence-corrected chi connectivity index (χ2v) is 8.84. The molecule has 0 saturated carbocycles. The number of ether oxygens (including phenoxy) is 1. The van der Waals surface area contributed by atoms with Crippen molar-refractivity contribution in [1.82, 2.24) is 14.1 Å². The number of likely N-dealkylation sites (tertiary alicyclic amines) is 1. The largest absolute Gasteiger partial charge is 0.463 e. The summed E-state index contributed by atoms with van der Waals surface area (Å²) in [7, 11) is 0.0374. The van der Waals surface area contributed by atoms with Gasteiger partial charge in [-0.25, -0.2) is 13.2 Å². The third-order valence-corrected chi connectivity index (χ3v) is 5.84. The minimum Gasteiger partial charge on any atom is -0.463 e. The van der Waals surface area contributed by atoms with Gasteiger partial charge in [0.2, 0.25) is 10.0 Å². The third-order valence-electron chi connectivity index (χ3n) is 4.58. The van der Waals surface area contributed by atoms with Crippen LogP contribution in [0.3, 0.4) is 0 Å². The van der Waals surface area contributed by atoms with E-state index in [0.29, 0.717) is 25.4 Å². The van der Waals surface area contributed by atoms with E-state index in [4.69, 9.17) is 9.15 Å². The summed E-state index contributed by atoms with van der Waals surface area (Å²) >= 11 is 0. The first kappa shape index (κ1) is 17.2. The molecule has 1 unspecified atom stereocenters. The highest BCUT2D eigenvalue weighted by molar-refractivity contribution is 7.88. The minimum atomic E-state index is -3.23. The zero-order chi connectivity index (χ0) is 17.5. The zero-order valence-corrected chi connectivity index (χ0v) is 15.0. The lowest BCUT2D eigenvalue weighted by Crippen LogP contribution is -2.36. The number of hydrogen-bond donors (Lipinski definition) is 0. The molecule has 3 heterocycles. The molecular weight excluding hydrogens is 334 g/mol. The molecule has 2 aliphatic heterocycles. The predicted octanol–water partition coefficient (Wildman–Crippen LogP) is 0.698. The molecule has 2 fully saturated rings. The van der Waals surface area contributed by atoms with Gasteiger partial charge in [-0.3, -0.25) is 4.90 Å². The van der Waals surface area contributed by atoms with Crippen LogP contribution in [0, 0.1) is 0 Å². The summed E-state index contributed by atoms with van der Waals surface area (Å²) in [5, 5.41) is 0. The maximum Gasteiger partial charge on any atom is 0.410 e. The maximum atomic E-state index is 11.6. The number of amides is 1. The lowest BCUT2D eigenvalue weighted by molar-refractivity contribution is 0.0621. The highest BCUT2D eigenvalue weighted by Crippen LogP contribution is 2.32. The number of carbonyl (C=O) groups excluding carboxylic acids is 1. The molecule has 9 heteroatoms. The summed E-state index contributed by atoms with van der Waals surface area (Å²) in [6.07, 6.45) is 1.72. The Morgan fingerprint density at radius 1 is 1.29 bits per heavy atom. The topological polar surface area (TPSA) is 83.3 Å². The molecule has 0 aliphatic carbocycles. The van der Waals surface area contributed by atoms with Crippen molar-refractivity contribution in [2.75, 3.05) is 40.0 Å². The van der Waals surface area contributed by atoms with E-state index in [-0.39, 0.29) is 12.6 Å². The van der Waals surface area contributed by atoms with E-state index in [1.165, 1.54) is 17.6 Å². The molecule has 24 heavy (non-hydrogen) atoms. The standard InChI is InChI=1S/C15H23N3O5S/c1-16-10-15(23-14(16)19)6-7-18(11-15)9-13-5-4-12(22-13)8-17(2)24(3,20)21/h4-5H,6-11H2,1-3H3. The van der Waals surface area contributed by atoms with Gasteiger partial charge in [0.25, 0.3) is 0 Å². The maximum absolute atomic E-state index is 11.6. The van der Waals surface area contributed by atoms with Crippen LogP contribution < -0.4 is 0 Å². The van der Waals surface area contributed by atoms with E-state index in [1.54, 1.807) is 18.0 Å². The van der Waals surface area contributed by atoms with Gasteiger partial charge in [-0.05, 0) is 12.1 Å². The van der Waals surface area contributed by atoms with Gasteiger partial charge < -0.3 is 14.1 Å². The van der Waals surface area contributed by atoms with Crippen LogP contribution in [-0.2, 0) is 27.8 Å². The fourth-order valence-electron chi connectivity index (χ4n) is 3.22. The van der Waals surface area contributed by atoms with Gasteiger partial charge in [0.15, 0.2) is 0 Å². The van der Waals surface area contributed by atoms with E-state index in [2.05, 4.69) is 4.90 Å². The Bertz CT molecular complexity index is 731. The van der Waals surface area contributed by atoms with E-state index < -0.39 is 15.6 Å². The zero-order valence-electron chi connectivity index (χ0n) is 14.2. The molecule has 1 aromatic rings. The van der Waals surface area contributed by atoms with Crippen molar-refractivity contribution in [3.05, 3.63) is 23.7 Å². The lowest BCUT2D eigenvalue weighted by atomic mass is 10.0. The molecule has 2 aliphatic rings. The number of hydrogen-bond acceptors (Lipinski definition) is 6. The molecule has 0 aromatic carbocycles. The van der Waals surface area contributed by atoms with Gasteiger partial charge in [-0.15, -0.1) is 0 Å². The SMILES string of the molecule is CN1CC2(CCN(Cc3ccc(CN(C)S(C)(=O)=O)o3)C2)OC1=O. The number of carbonyl (C=O) groups is 1. The molecule has 0 bridgehead atoms. The van der Waals surface area contributed by atoms with Gasteiger partial charge in [0, 0.05) is 33.6 Å². The average Bonchev–Trinajstić information content (AvgIpc) is 3.12. The van der Waals surface area contributed by atoms with Crippen LogP contribution in [0.15, 0.2) is 16.5 Å². The second-order valence-electron chi connectivity index (χ2n) is 6.75. The van der Waals surface area contributed by atoms with E-state index in [0.717, 1.165) is 18.7 Å². The van der Waals surface area contributed by atoms with Gasteiger partial charge in [0.05, 0.1) is 25.9 Å². The normalized spacial score (nSPS) is 25.2. The molecule has 1 spiro atoms. The van der Waals surface area contributed by atoms with E-state index >= 15 is 0 Å².